The van der Waals surface area contributed by atoms with Crippen molar-refractivity contribution >= 4 is 11.0 Å². The summed E-state index contributed by atoms with van der Waals surface area (Å²) in [7, 11) is 0. The van der Waals surface area contributed by atoms with E-state index in [0.29, 0.717) is 6.61 Å². The van der Waals surface area contributed by atoms with Crippen LogP contribution >= 0.6 is 0 Å². The smallest absolute Gasteiger partial charge is 0.147 e. The van der Waals surface area contributed by atoms with Gasteiger partial charge in [-0.1, -0.05) is 37.3 Å². The molecule has 0 N–H and O–H groups in total. The number of imidazole rings is 1. The maximum absolute atomic E-state index is 5.96. The lowest BCUT2D eigenvalue weighted by atomic mass is 10.2. The summed E-state index contributed by atoms with van der Waals surface area (Å²) in [6.07, 6.45) is 1.08. The Morgan fingerprint density at radius 2 is 1.81 bits per heavy atom. The highest BCUT2D eigenvalue weighted by Crippen LogP contribution is 2.20. The Balaban J connectivity index is 1.89. The molecule has 108 valence electrons. The van der Waals surface area contributed by atoms with Crippen molar-refractivity contribution in [3.05, 3.63) is 59.9 Å². The van der Waals surface area contributed by atoms with Crippen molar-refractivity contribution in [3.63, 3.8) is 0 Å². The zero-order valence-corrected chi connectivity index (χ0v) is 12.5. The van der Waals surface area contributed by atoms with Crippen LogP contribution in [-0.4, -0.2) is 9.55 Å². The maximum atomic E-state index is 5.96. The molecule has 0 aliphatic heterocycles. The van der Waals surface area contributed by atoms with Crippen LogP contribution in [0.5, 0.6) is 5.75 Å². The second-order valence-corrected chi connectivity index (χ2v) is 5.22. The van der Waals surface area contributed by atoms with Gasteiger partial charge in [-0.05, 0) is 37.1 Å². The molecule has 3 heteroatoms. The number of nitrogens with zero attached hydrogens (tertiary/aromatic N) is 2. The van der Waals surface area contributed by atoms with Crippen molar-refractivity contribution in [2.24, 2.45) is 0 Å². The van der Waals surface area contributed by atoms with Crippen molar-refractivity contribution in [2.45, 2.75) is 33.4 Å². The Kier molecular flexibility index (Phi) is 3.91. The van der Waals surface area contributed by atoms with Gasteiger partial charge in [0.05, 0.1) is 11.0 Å². The van der Waals surface area contributed by atoms with Crippen LogP contribution in [0, 0.1) is 6.92 Å². The lowest BCUT2D eigenvalue weighted by molar-refractivity contribution is 0.288. The van der Waals surface area contributed by atoms with Crippen molar-refractivity contribution in [1.82, 2.24) is 9.55 Å². The van der Waals surface area contributed by atoms with Crippen LogP contribution in [0.15, 0.2) is 48.5 Å². The van der Waals surface area contributed by atoms with Gasteiger partial charge < -0.3 is 9.30 Å². The molecule has 0 radical (unpaired) electrons. The lowest BCUT2D eigenvalue weighted by Crippen LogP contribution is -2.07. The summed E-state index contributed by atoms with van der Waals surface area (Å²) in [5.41, 5.74) is 3.37. The predicted octanol–water partition coefficient (Wildman–Crippen LogP) is 4.33. The Morgan fingerprint density at radius 3 is 2.62 bits per heavy atom. The fourth-order valence-electron chi connectivity index (χ4n) is 2.57. The second kappa shape index (κ2) is 6.00. The number of rotatable bonds is 5. The highest BCUT2D eigenvalue weighted by atomic mass is 16.5. The number of hydrogen-bond acceptors (Lipinski definition) is 2. The van der Waals surface area contributed by atoms with Crippen molar-refractivity contribution in [3.8, 4) is 5.75 Å². The zero-order valence-electron chi connectivity index (χ0n) is 12.5. The first-order valence-corrected chi connectivity index (χ1v) is 7.42. The van der Waals surface area contributed by atoms with Gasteiger partial charge in [0.25, 0.3) is 0 Å². The molecule has 3 aromatic rings. The Labute approximate surface area is 125 Å². The molecule has 1 heterocycles. The Morgan fingerprint density at radius 1 is 1.05 bits per heavy atom. The molecule has 0 aliphatic carbocycles. The van der Waals surface area contributed by atoms with Gasteiger partial charge >= 0.3 is 0 Å². The molecule has 0 saturated carbocycles. The van der Waals surface area contributed by atoms with E-state index in [1.807, 2.05) is 24.3 Å². The molecule has 0 aliphatic rings. The highest BCUT2D eigenvalue weighted by molar-refractivity contribution is 5.75. The molecule has 0 amide bonds. The summed E-state index contributed by atoms with van der Waals surface area (Å²) < 4.78 is 8.21. The van der Waals surface area contributed by atoms with E-state index in [1.54, 1.807) is 0 Å². The molecule has 3 nitrogen and oxygen atoms in total. The van der Waals surface area contributed by atoms with Crippen molar-refractivity contribution in [2.75, 3.05) is 0 Å². The van der Waals surface area contributed by atoms with E-state index in [2.05, 4.69) is 42.7 Å². The van der Waals surface area contributed by atoms with Gasteiger partial charge in [-0.3, -0.25) is 0 Å². The second-order valence-electron chi connectivity index (χ2n) is 5.22. The normalized spacial score (nSPS) is 11.0. The van der Waals surface area contributed by atoms with Crippen molar-refractivity contribution in [1.29, 1.82) is 0 Å². The van der Waals surface area contributed by atoms with Crippen LogP contribution in [0.25, 0.3) is 11.0 Å². The third kappa shape index (κ3) is 2.77. The maximum Gasteiger partial charge on any atom is 0.147 e. The first-order chi connectivity index (χ1) is 10.3. The number of aryl methyl sites for hydroxylation is 2. The molecular weight excluding hydrogens is 260 g/mol. The third-order valence-corrected chi connectivity index (χ3v) is 3.63. The molecule has 0 bridgehead atoms. The monoisotopic (exact) mass is 280 g/mol. The number of ether oxygens (including phenoxy) is 1. The van der Waals surface area contributed by atoms with E-state index >= 15 is 0 Å². The SMILES string of the molecule is CCCn1c(COc2ccccc2C)nc2ccccc21. The molecule has 0 unspecified atom stereocenters. The Hall–Kier alpha value is -2.29. The van der Waals surface area contributed by atoms with Gasteiger partial charge in [0.1, 0.15) is 18.2 Å². The minimum absolute atomic E-state index is 0.500. The molecular formula is C18H20N2O. The molecule has 2 aromatic carbocycles. The number of para-hydroxylation sites is 3. The molecule has 0 spiro atoms. The first-order valence-electron chi connectivity index (χ1n) is 7.42. The zero-order chi connectivity index (χ0) is 14.7. The van der Waals surface area contributed by atoms with Gasteiger partial charge in [-0.15, -0.1) is 0 Å². The largest absolute Gasteiger partial charge is 0.485 e. The third-order valence-electron chi connectivity index (χ3n) is 3.63. The number of hydrogen-bond donors (Lipinski definition) is 0. The average Bonchev–Trinajstić information content (AvgIpc) is 2.85. The molecule has 0 saturated heterocycles. The summed E-state index contributed by atoms with van der Waals surface area (Å²) >= 11 is 0. The van der Waals surface area contributed by atoms with Gasteiger partial charge in [-0.2, -0.15) is 0 Å². The standard InChI is InChI=1S/C18H20N2O/c1-3-12-20-16-10-6-5-9-15(16)19-18(20)13-21-17-11-7-4-8-14(17)2/h4-11H,3,12-13H2,1-2H3. The summed E-state index contributed by atoms with van der Waals surface area (Å²) in [4.78, 5) is 4.71. The van der Waals surface area contributed by atoms with Crippen LogP contribution in [0.3, 0.4) is 0 Å². The topological polar surface area (TPSA) is 27.1 Å². The van der Waals surface area contributed by atoms with Gasteiger partial charge in [0.2, 0.25) is 0 Å². The van der Waals surface area contributed by atoms with Crippen LogP contribution in [-0.2, 0) is 13.2 Å². The summed E-state index contributed by atoms with van der Waals surface area (Å²) in [6, 6.07) is 16.3. The van der Waals surface area contributed by atoms with Gasteiger partial charge in [0, 0.05) is 6.54 Å². The lowest BCUT2D eigenvalue weighted by Gasteiger charge is -2.10. The average molecular weight is 280 g/mol. The van der Waals surface area contributed by atoms with Crippen LogP contribution in [0.1, 0.15) is 24.7 Å². The quantitative estimate of drug-likeness (QED) is 0.695. The highest BCUT2D eigenvalue weighted by Gasteiger charge is 2.10. The summed E-state index contributed by atoms with van der Waals surface area (Å²) in [5.74, 6) is 1.91. The molecule has 0 fully saturated rings. The molecule has 21 heavy (non-hydrogen) atoms. The number of fused-ring (bicyclic) bond motifs is 1. The minimum atomic E-state index is 0.500. The fraction of sp³-hybridized carbons (Fsp3) is 0.278. The predicted molar refractivity (Wildman–Crippen MR) is 85.5 cm³/mol. The van der Waals surface area contributed by atoms with Gasteiger partial charge in [-0.25, -0.2) is 4.98 Å². The summed E-state index contributed by atoms with van der Waals surface area (Å²) in [6.45, 7) is 5.71. The van der Waals surface area contributed by atoms with Crippen LogP contribution in [0.4, 0.5) is 0 Å². The minimum Gasteiger partial charge on any atom is -0.485 e. The van der Waals surface area contributed by atoms with E-state index in [-0.39, 0.29) is 0 Å². The molecule has 3 rings (SSSR count). The van der Waals surface area contributed by atoms with E-state index < -0.39 is 0 Å². The number of benzene rings is 2. The van der Waals surface area contributed by atoms with Crippen LogP contribution in [0.2, 0.25) is 0 Å². The van der Waals surface area contributed by atoms with Crippen LogP contribution < -0.4 is 4.74 Å². The molecule has 1 aromatic heterocycles. The first kappa shape index (κ1) is 13.7. The van der Waals surface area contributed by atoms with E-state index in [1.165, 1.54) is 5.52 Å². The molecule has 0 atom stereocenters. The fourth-order valence-corrected chi connectivity index (χ4v) is 2.57. The van der Waals surface area contributed by atoms with E-state index in [9.17, 15) is 0 Å². The van der Waals surface area contributed by atoms with E-state index in [0.717, 1.165) is 35.6 Å². The van der Waals surface area contributed by atoms with Gasteiger partial charge in [0.15, 0.2) is 0 Å². The van der Waals surface area contributed by atoms with E-state index in [4.69, 9.17) is 9.72 Å². The number of aromatic nitrogens is 2. The summed E-state index contributed by atoms with van der Waals surface area (Å²) in [5, 5.41) is 0. The Bertz CT molecular complexity index is 746. The van der Waals surface area contributed by atoms with Crippen molar-refractivity contribution < 1.29 is 4.74 Å².